The Balaban J connectivity index is 2.09. The van der Waals surface area contributed by atoms with Gasteiger partial charge < -0.3 is 15.4 Å². The first-order chi connectivity index (χ1) is 9.13. The Morgan fingerprint density at radius 3 is 3.05 bits per heavy atom. The van der Waals surface area contributed by atoms with E-state index in [1.165, 1.54) is 0 Å². The molecule has 0 aliphatic carbocycles. The van der Waals surface area contributed by atoms with Crippen molar-refractivity contribution in [1.82, 2.24) is 9.97 Å². The van der Waals surface area contributed by atoms with Crippen LogP contribution in [-0.4, -0.2) is 35.3 Å². The molecule has 1 aromatic heterocycles. The molecule has 0 bridgehead atoms. The van der Waals surface area contributed by atoms with E-state index in [2.05, 4.69) is 34.4 Å². The summed E-state index contributed by atoms with van der Waals surface area (Å²) in [6.07, 6.45) is 4.75. The minimum atomic E-state index is -0.113. The molecule has 0 spiro atoms. The molecule has 2 rings (SSSR count). The maximum absolute atomic E-state index is 6.16. The quantitative estimate of drug-likeness (QED) is 0.871. The van der Waals surface area contributed by atoms with Crippen LogP contribution in [0.2, 0.25) is 5.02 Å². The molecular weight excluding hydrogens is 264 g/mol. The third-order valence-electron chi connectivity index (χ3n) is 3.14. The Kier molecular flexibility index (Phi) is 4.82. The first-order valence-corrected chi connectivity index (χ1v) is 7.13. The van der Waals surface area contributed by atoms with Crippen LogP contribution >= 0.6 is 11.6 Å². The molecule has 106 valence electrons. The summed E-state index contributed by atoms with van der Waals surface area (Å²) >= 11 is 6.16. The minimum absolute atomic E-state index is 0.113. The maximum Gasteiger partial charge on any atom is 0.224 e. The molecule has 6 heteroatoms. The van der Waals surface area contributed by atoms with Crippen molar-refractivity contribution in [3.05, 3.63) is 11.2 Å². The van der Waals surface area contributed by atoms with Gasteiger partial charge >= 0.3 is 0 Å². The number of aromatic nitrogens is 2. The summed E-state index contributed by atoms with van der Waals surface area (Å²) in [7, 11) is 0. The first-order valence-electron chi connectivity index (χ1n) is 6.75. The van der Waals surface area contributed by atoms with Crippen molar-refractivity contribution in [2.45, 2.75) is 38.6 Å². The van der Waals surface area contributed by atoms with Crippen molar-refractivity contribution in [3.63, 3.8) is 0 Å². The van der Waals surface area contributed by atoms with Gasteiger partial charge in [0, 0.05) is 13.2 Å². The highest BCUT2D eigenvalue weighted by molar-refractivity contribution is 6.32. The molecule has 2 N–H and O–H groups in total. The number of ether oxygens (including phenoxy) is 1. The molecule has 1 aliphatic rings. The highest BCUT2D eigenvalue weighted by atomic mass is 35.5. The predicted molar refractivity (Wildman–Crippen MR) is 77.9 cm³/mol. The van der Waals surface area contributed by atoms with Crippen molar-refractivity contribution in [2.75, 3.05) is 30.4 Å². The molecule has 1 fully saturated rings. The monoisotopic (exact) mass is 284 g/mol. The van der Waals surface area contributed by atoms with Crippen molar-refractivity contribution in [1.29, 1.82) is 0 Å². The van der Waals surface area contributed by atoms with E-state index < -0.39 is 0 Å². The number of anilines is 2. The molecule has 2 heterocycles. The topological polar surface area (TPSA) is 59.1 Å². The average Bonchev–Trinajstić information content (AvgIpc) is 2.40. The van der Waals surface area contributed by atoms with Crippen LogP contribution in [0, 0.1) is 0 Å². The Morgan fingerprint density at radius 1 is 1.53 bits per heavy atom. The van der Waals surface area contributed by atoms with Crippen molar-refractivity contribution in [2.24, 2.45) is 0 Å². The van der Waals surface area contributed by atoms with Gasteiger partial charge in [0.05, 0.1) is 18.3 Å². The van der Waals surface area contributed by atoms with E-state index in [9.17, 15) is 0 Å². The van der Waals surface area contributed by atoms with Crippen molar-refractivity contribution < 1.29 is 4.74 Å². The second kappa shape index (κ2) is 6.39. The number of nitrogens with one attached hydrogen (secondary N) is 2. The largest absolute Gasteiger partial charge is 0.379 e. The fraction of sp³-hybridized carbons (Fsp3) is 0.692. The molecule has 1 aliphatic heterocycles. The SMILES string of the molecule is CCCNc1ncc(Cl)c(NC2(C)CCCOC2)n1. The van der Waals surface area contributed by atoms with E-state index in [0.29, 0.717) is 23.4 Å². The second-order valence-corrected chi connectivity index (χ2v) is 5.57. The summed E-state index contributed by atoms with van der Waals surface area (Å²) in [6, 6.07) is 0. The summed E-state index contributed by atoms with van der Waals surface area (Å²) in [5.41, 5.74) is -0.113. The first kappa shape index (κ1) is 14.3. The van der Waals surface area contributed by atoms with E-state index in [1.54, 1.807) is 6.20 Å². The molecule has 5 nitrogen and oxygen atoms in total. The maximum atomic E-state index is 6.16. The molecule has 1 atom stereocenters. The third-order valence-corrected chi connectivity index (χ3v) is 3.41. The van der Waals surface area contributed by atoms with Crippen LogP contribution in [-0.2, 0) is 4.74 Å². The lowest BCUT2D eigenvalue weighted by Gasteiger charge is -2.35. The molecule has 1 aromatic rings. The molecule has 0 amide bonds. The standard InChI is InChI=1S/C13H21ClN4O/c1-3-6-15-12-16-8-10(14)11(17-12)18-13(2)5-4-7-19-9-13/h8H,3-7,9H2,1-2H3,(H2,15,16,17,18). The summed E-state index contributed by atoms with van der Waals surface area (Å²) < 4.78 is 5.53. The fourth-order valence-electron chi connectivity index (χ4n) is 2.10. The highest BCUT2D eigenvalue weighted by Gasteiger charge is 2.28. The van der Waals surface area contributed by atoms with Gasteiger partial charge in [-0.05, 0) is 26.2 Å². The molecular formula is C13H21ClN4O. The van der Waals surface area contributed by atoms with Crippen LogP contribution in [0.4, 0.5) is 11.8 Å². The smallest absolute Gasteiger partial charge is 0.224 e. The lowest BCUT2D eigenvalue weighted by Crippen LogP contribution is -2.43. The van der Waals surface area contributed by atoms with Gasteiger partial charge in [-0.2, -0.15) is 4.98 Å². The summed E-state index contributed by atoms with van der Waals surface area (Å²) in [5, 5.41) is 7.09. The Labute approximate surface area is 119 Å². The van der Waals surface area contributed by atoms with Gasteiger partial charge in [0.15, 0.2) is 5.82 Å². The Hall–Kier alpha value is -1.07. The molecule has 0 radical (unpaired) electrons. The van der Waals surface area contributed by atoms with Gasteiger partial charge in [-0.25, -0.2) is 4.98 Å². The van der Waals surface area contributed by atoms with Gasteiger partial charge in [0.25, 0.3) is 0 Å². The summed E-state index contributed by atoms with van der Waals surface area (Å²) in [4.78, 5) is 8.60. The van der Waals surface area contributed by atoms with Crippen LogP contribution < -0.4 is 10.6 Å². The summed E-state index contributed by atoms with van der Waals surface area (Å²) in [5.74, 6) is 1.28. The zero-order valence-electron chi connectivity index (χ0n) is 11.5. The molecule has 1 unspecified atom stereocenters. The number of hydrogen-bond acceptors (Lipinski definition) is 5. The van der Waals surface area contributed by atoms with E-state index in [0.717, 1.165) is 32.4 Å². The zero-order chi connectivity index (χ0) is 13.7. The van der Waals surface area contributed by atoms with E-state index in [-0.39, 0.29) is 5.54 Å². The van der Waals surface area contributed by atoms with E-state index in [4.69, 9.17) is 16.3 Å². The molecule has 0 aromatic carbocycles. The van der Waals surface area contributed by atoms with E-state index >= 15 is 0 Å². The van der Waals surface area contributed by atoms with Crippen molar-refractivity contribution >= 4 is 23.4 Å². The molecule has 1 saturated heterocycles. The van der Waals surface area contributed by atoms with Gasteiger partial charge in [-0.3, -0.25) is 0 Å². The minimum Gasteiger partial charge on any atom is -0.379 e. The number of hydrogen-bond donors (Lipinski definition) is 2. The fourth-order valence-corrected chi connectivity index (χ4v) is 2.23. The van der Waals surface area contributed by atoms with Gasteiger partial charge in [-0.1, -0.05) is 18.5 Å². The van der Waals surface area contributed by atoms with Crippen molar-refractivity contribution in [3.8, 4) is 0 Å². The highest BCUT2D eigenvalue weighted by Crippen LogP contribution is 2.27. The molecule has 0 saturated carbocycles. The second-order valence-electron chi connectivity index (χ2n) is 5.16. The van der Waals surface area contributed by atoms with Crippen LogP contribution in [0.5, 0.6) is 0 Å². The van der Waals surface area contributed by atoms with Gasteiger partial charge in [0.2, 0.25) is 5.95 Å². The third kappa shape index (κ3) is 3.94. The Morgan fingerprint density at radius 2 is 2.37 bits per heavy atom. The average molecular weight is 285 g/mol. The number of nitrogens with zero attached hydrogens (tertiary/aromatic N) is 2. The van der Waals surface area contributed by atoms with Gasteiger partial charge in [-0.15, -0.1) is 0 Å². The van der Waals surface area contributed by atoms with Crippen LogP contribution in [0.1, 0.15) is 33.1 Å². The van der Waals surface area contributed by atoms with Crippen LogP contribution in [0.3, 0.4) is 0 Å². The Bertz CT molecular complexity index is 421. The number of halogens is 1. The summed E-state index contributed by atoms with van der Waals surface area (Å²) in [6.45, 7) is 6.58. The van der Waals surface area contributed by atoms with Gasteiger partial charge in [0.1, 0.15) is 5.02 Å². The zero-order valence-corrected chi connectivity index (χ0v) is 12.3. The van der Waals surface area contributed by atoms with Crippen LogP contribution in [0.15, 0.2) is 6.20 Å². The molecule has 19 heavy (non-hydrogen) atoms. The van der Waals surface area contributed by atoms with Crippen LogP contribution in [0.25, 0.3) is 0 Å². The van der Waals surface area contributed by atoms with E-state index in [1.807, 2.05) is 0 Å². The number of rotatable bonds is 5. The normalized spacial score (nSPS) is 23.1. The predicted octanol–water partition coefficient (Wildman–Crippen LogP) is 2.93. The lowest BCUT2D eigenvalue weighted by molar-refractivity contribution is 0.0539. The lowest BCUT2D eigenvalue weighted by atomic mass is 9.95.